The van der Waals surface area contributed by atoms with Crippen molar-refractivity contribution < 1.29 is 5.11 Å². The van der Waals surface area contributed by atoms with E-state index in [1.807, 2.05) is 19.9 Å². The van der Waals surface area contributed by atoms with Crippen LogP contribution in [0.2, 0.25) is 0 Å². The van der Waals surface area contributed by atoms with Gasteiger partial charge in [0.25, 0.3) is 0 Å². The molecule has 2 nitrogen and oxygen atoms in total. The van der Waals surface area contributed by atoms with Crippen molar-refractivity contribution in [3.63, 3.8) is 0 Å². The number of rotatable bonds is 1. The molecule has 0 spiro atoms. The maximum Gasteiger partial charge on any atom is 0.118 e. The summed E-state index contributed by atoms with van der Waals surface area (Å²) in [6.45, 7) is 3.96. The van der Waals surface area contributed by atoms with Gasteiger partial charge in [-0.25, -0.2) is 0 Å². The molecule has 1 fully saturated rings. The molecule has 1 aromatic rings. The van der Waals surface area contributed by atoms with E-state index in [-0.39, 0.29) is 5.54 Å². The highest BCUT2D eigenvalue weighted by Gasteiger charge is 2.41. The lowest BCUT2D eigenvalue weighted by Crippen LogP contribution is -2.20. The SMILES string of the molecule is Cc1c(O)ccc(C2(N)CC2)c1C. The van der Waals surface area contributed by atoms with Gasteiger partial charge in [-0.05, 0) is 49.4 Å². The van der Waals surface area contributed by atoms with Crippen LogP contribution in [0.25, 0.3) is 0 Å². The van der Waals surface area contributed by atoms with E-state index in [4.69, 9.17) is 5.73 Å². The number of phenols is 1. The van der Waals surface area contributed by atoms with Gasteiger partial charge in [-0.1, -0.05) is 6.07 Å². The Hall–Kier alpha value is -1.02. The van der Waals surface area contributed by atoms with Gasteiger partial charge in [0.1, 0.15) is 5.75 Å². The largest absolute Gasteiger partial charge is 0.508 e. The minimum Gasteiger partial charge on any atom is -0.508 e. The van der Waals surface area contributed by atoms with Gasteiger partial charge < -0.3 is 10.8 Å². The molecule has 70 valence electrons. The summed E-state index contributed by atoms with van der Waals surface area (Å²) in [7, 11) is 0. The molecule has 0 amide bonds. The zero-order valence-electron chi connectivity index (χ0n) is 8.09. The first kappa shape index (κ1) is 8.57. The molecular weight excluding hydrogens is 162 g/mol. The van der Waals surface area contributed by atoms with Crippen molar-refractivity contribution >= 4 is 0 Å². The van der Waals surface area contributed by atoms with Crippen LogP contribution in [-0.2, 0) is 5.54 Å². The van der Waals surface area contributed by atoms with Crippen molar-refractivity contribution in [2.75, 3.05) is 0 Å². The monoisotopic (exact) mass is 177 g/mol. The van der Waals surface area contributed by atoms with Gasteiger partial charge in [0, 0.05) is 5.54 Å². The molecule has 0 radical (unpaired) electrons. The van der Waals surface area contributed by atoms with Crippen LogP contribution in [0.5, 0.6) is 5.75 Å². The quantitative estimate of drug-likeness (QED) is 0.688. The lowest BCUT2D eigenvalue weighted by molar-refractivity contribution is 0.469. The van der Waals surface area contributed by atoms with E-state index in [9.17, 15) is 5.11 Å². The summed E-state index contributed by atoms with van der Waals surface area (Å²) in [6, 6.07) is 3.69. The fourth-order valence-corrected chi connectivity index (χ4v) is 1.75. The second kappa shape index (κ2) is 2.48. The molecule has 1 aliphatic rings. The highest BCUT2D eigenvalue weighted by molar-refractivity contribution is 5.47. The van der Waals surface area contributed by atoms with Crippen LogP contribution < -0.4 is 5.73 Å². The topological polar surface area (TPSA) is 46.2 Å². The molecule has 0 heterocycles. The number of hydrogen-bond acceptors (Lipinski definition) is 2. The average Bonchev–Trinajstić information content (AvgIpc) is 2.80. The minimum absolute atomic E-state index is 0.0947. The maximum atomic E-state index is 9.47. The van der Waals surface area contributed by atoms with Gasteiger partial charge in [0.15, 0.2) is 0 Å². The van der Waals surface area contributed by atoms with E-state index in [2.05, 4.69) is 0 Å². The van der Waals surface area contributed by atoms with Crippen molar-refractivity contribution in [1.82, 2.24) is 0 Å². The summed E-state index contributed by atoms with van der Waals surface area (Å²) >= 11 is 0. The highest BCUT2D eigenvalue weighted by Crippen LogP contribution is 2.45. The van der Waals surface area contributed by atoms with Crippen LogP contribution in [0.1, 0.15) is 29.5 Å². The minimum atomic E-state index is -0.0947. The van der Waals surface area contributed by atoms with E-state index in [1.54, 1.807) is 6.07 Å². The smallest absolute Gasteiger partial charge is 0.118 e. The summed E-state index contributed by atoms with van der Waals surface area (Å²) in [6.07, 6.45) is 2.14. The number of benzene rings is 1. The average molecular weight is 177 g/mol. The third-order valence-electron chi connectivity index (χ3n) is 3.08. The molecule has 0 aliphatic heterocycles. The Morgan fingerprint density at radius 1 is 1.23 bits per heavy atom. The first-order valence-electron chi connectivity index (χ1n) is 4.63. The molecule has 1 aromatic carbocycles. The van der Waals surface area contributed by atoms with Crippen molar-refractivity contribution in [1.29, 1.82) is 0 Å². The first-order chi connectivity index (χ1) is 6.04. The molecule has 2 heteroatoms. The predicted molar refractivity (Wildman–Crippen MR) is 52.7 cm³/mol. The maximum absolute atomic E-state index is 9.47. The summed E-state index contributed by atoms with van der Waals surface area (Å²) in [5, 5.41) is 9.47. The van der Waals surface area contributed by atoms with Gasteiger partial charge in [-0.2, -0.15) is 0 Å². The van der Waals surface area contributed by atoms with Crippen LogP contribution in [0, 0.1) is 13.8 Å². The zero-order valence-corrected chi connectivity index (χ0v) is 8.09. The van der Waals surface area contributed by atoms with Gasteiger partial charge in [0.05, 0.1) is 0 Å². The molecule has 0 saturated heterocycles. The van der Waals surface area contributed by atoms with Crippen molar-refractivity contribution in [2.45, 2.75) is 32.2 Å². The Kier molecular flexibility index (Phi) is 1.64. The van der Waals surface area contributed by atoms with Crippen molar-refractivity contribution in [3.05, 3.63) is 28.8 Å². The van der Waals surface area contributed by atoms with Gasteiger partial charge in [-0.15, -0.1) is 0 Å². The Morgan fingerprint density at radius 3 is 2.38 bits per heavy atom. The number of phenolic OH excluding ortho intramolecular Hbond substituents is 1. The summed E-state index contributed by atoms with van der Waals surface area (Å²) in [4.78, 5) is 0. The van der Waals surface area contributed by atoms with Gasteiger partial charge in [-0.3, -0.25) is 0 Å². The van der Waals surface area contributed by atoms with E-state index in [0.717, 1.165) is 24.0 Å². The molecule has 0 bridgehead atoms. The second-order valence-corrected chi connectivity index (χ2v) is 4.04. The third-order valence-corrected chi connectivity index (χ3v) is 3.08. The predicted octanol–water partition coefficient (Wildman–Crippen LogP) is 1.96. The van der Waals surface area contributed by atoms with Crippen molar-refractivity contribution in [2.24, 2.45) is 5.73 Å². The van der Waals surface area contributed by atoms with E-state index in [1.165, 1.54) is 5.56 Å². The zero-order chi connectivity index (χ0) is 9.64. The summed E-state index contributed by atoms with van der Waals surface area (Å²) in [5.74, 6) is 0.366. The van der Waals surface area contributed by atoms with Crippen LogP contribution in [0.4, 0.5) is 0 Å². The number of hydrogen-bond donors (Lipinski definition) is 2. The van der Waals surface area contributed by atoms with E-state index < -0.39 is 0 Å². The Bertz CT molecular complexity index is 353. The van der Waals surface area contributed by atoms with Crippen LogP contribution in [-0.4, -0.2) is 5.11 Å². The van der Waals surface area contributed by atoms with Gasteiger partial charge in [0.2, 0.25) is 0 Å². The highest BCUT2D eigenvalue weighted by atomic mass is 16.3. The number of aromatic hydroxyl groups is 1. The Balaban J connectivity index is 2.54. The van der Waals surface area contributed by atoms with Crippen LogP contribution in [0.15, 0.2) is 12.1 Å². The lowest BCUT2D eigenvalue weighted by Gasteiger charge is -2.15. The molecule has 1 saturated carbocycles. The normalized spacial score (nSPS) is 18.7. The van der Waals surface area contributed by atoms with Crippen LogP contribution in [0.3, 0.4) is 0 Å². The van der Waals surface area contributed by atoms with E-state index in [0.29, 0.717) is 5.75 Å². The molecule has 0 aromatic heterocycles. The molecule has 0 unspecified atom stereocenters. The summed E-state index contributed by atoms with van der Waals surface area (Å²) < 4.78 is 0. The molecule has 0 atom stereocenters. The molecule has 3 N–H and O–H groups in total. The second-order valence-electron chi connectivity index (χ2n) is 4.04. The first-order valence-corrected chi connectivity index (χ1v) is 4.63. The molecule has 2 rings (SSSR count). The fraction of sp³-hybridized carbons (Fsp3) is 0.455. The Morgan fingerprint density at radius 2 is 1.85 bits per heavy atom. The summed E-state index contributed by atoms with van der Waals surface area (Å²) in [5.41, 5.74) is 9.30. The Labute approximate surface area is 78.4 Å². The van der Waals surface area contributed by atoms with E-state index >= 15 is 0 Å². The molecule has 1 aliphatic carbocycles. The molecular formula is C11H15NO. The standard InChI is InChI=1S/C11H15NO/c1-7-8(2)10(13)4-3-9(7)11(12)5-6-11/h3-4,13H,5-6,12H2,1-2H3. The molecule has 13 heavy (non-hydrogen) atoms. The number of nitrogens with two attached hydrogens (primary N) is 1. The fourth-order valence-electron chi connectivity index (χ4n) is 1.75. The van der Waals surface area contributed by atoms with Crippen molar-refractivity contribution in [3.8, 4) is 5.75 Å². The lowest BCUT2D eigenvalue weighted by atomic mass is 9.96. The third kappa shape index (κ3) is 1.22. The van der Waals surface area contributed by atoms with Gasteiger partial charge >= 0.3 is 0 Å². The van der Waals surface area contributed by atoms with Crippen LogP contribution >= 0.6 is 0 Å².